The molecule has 0 aliphatic heterocycles. The molecular weight excluding hydrogens is 949 g/mol. The highest BCUT2D eigenvalue weighted by atomic mass is 16.6. The summed E-state index contributed by atoms with van der Waals surface area (Å²) in [7, 11) is 0. The van der Waals surface area contributed by atoms with Crippen LogP contribution in [0.4, 0.5) is 0 Å². The van der Waals surface area contributed by atoms with Crippen molar-refractivity contribution in [2.75, 3.05) is 13.2 Å². The van der Waals surface area contributed by atoms with Crippen molar-refractivity contribution in [3.05, 3.63) is 36.5 Å². The van der Waals surface area contributed by atoms with Crippen LogP contribution < -0.4 is 0 Å². The van der Waals surface area contributed by atoms with Crippen LogP contribution >= 0.6 is 0 Å². The topological polar surface area (TPSA) is 78.9 Å². The number of allylic oxidation sites excluding steroid dienone is 6. The fourth-order valence-corrected chi connectivity index (χ4v) is 10.4. The van der Waals surface area contributed by atoms with Crippen molar-refractivity contribution in [3.63, 3.8) is 0 Å². The molecule has 0 rings (SSSR count). The first-order chi connectivity index (χ1) is 38.0. The van der Waals surface area contributed by atoms with E-state index in [2.05, 4.69) is 57.2 Å². The van der Waals surface area contributed by atoms with Crippen LogP contribution in [0.15, 0.2) is 36.5 Å². The number of unbranched alkanes of at least 4 members (excludes halogenated alkanes) is 47. The van der Waals surface area contributed by atoms with Crippen molar-refractivity contribution < 1.29 is 28.6 Å². The van der Waals surface area contributed by atoms with Gasteiger partial charge in [0.2, 0.25) is 0 Å². The van der Waals surface area contributed by atoms with Gasteiger partial charge in [-0.3, -0.25) is 14.4 Å². The molecule has 0 fully saturated rings. The van der Waals surface area contributed by atoms with Gasteiger partial charge in [0.1, 0.15) is 13.2 Å². The Labute approximate surface area is 480 Å². The molecule has 77 heavy (non-hydrogen) atoms. The zero-order valence-corrected chi connectivity index (χ0v) is 52.0. The summed E-state index contributed by atoms with van der Waals surface area (Å²) in [5.41, 5.74) is 0. The second-order valence-electron chi connectivity index (χ2n) is 23.4. The number of hydrogen-bond donors (Lipinski definition) is 0. The zero-order valence-electron chi connectivity index (χ0n) is 52.0. The molecule has 0 radical (unpaired) electrons. The van der Waals surface area contributed by atoms with Gasteiger partial charge in [-0.25, -0.2) is 0 Å². The van der Waals surface area contributed by atoms with Gasteiger partial charge >= 0.3 is 17.9 Å². The first-order valence-electron chi connectivity index (χ1n) is 34.5. The number of esters is 3. The molecule has 0 aromatic carbocycles. The lowest BCUT2D eigenvalue weighted by atomic mass is 10.0. The molecule has 0 heterocycles. The van der Waals surface area contributed by atoms with Crippen molar-refractivity contribution in [3.8, 4) is 0 Å². The standard InChI is InChI=1S/C71H132O6/c1-4-7-10-13-16-19-22-25-27-29-31-33-34-35-36-37-39-40-42-44-46-49-52-55-58-61-64-70(73)76-67-68(66-75-69(72)63-60-57-54-51-48-24-21-18-15-12-9-6-3)77-71(74)65-62-59-56-53-50-47-45-43-41-38-32-30-28-26-23-20-17-14-11-8-5-2/h18,21,23,26,30,32,68H,4-17,19-20,22,24-25,27-29,31,33-67H2,1-3H3/b21-18-,26-23-,32-30-. The van der Waals surface area contributed by atoms with Crippen molar-refractivity contribution in [1.82, 2.24) is 0 Å². The molecule has 0 amide bonds. The van der Waals surface area contributed by atoms with Crippen LogP contribution in [-0.4, -0.2) is 37.2 Å². The minimum Gasteiger partial charge on any atom is -0.462 e. The normalized spacial score (nSPS) is 12.2. The summed E-state index contributed by atoms with van der Waals surface area (Å²) >= 11 is 0. The van der Waals surface area contributed by atoms with Crippen molar-refractivity contribution in [2.45, 2.75) is 386 Å². The Hall–Kier alpha value is -2.37. The summed E-state index contributed by atoms with van der Waals surface area (Å²) in [6, 6.07) is 0. The molecule has 0 aromatic rings. The molecule has 6 heteroatoms. The first-order valence-corrected chi connectivity index (χ1v) is 34.5. The third kappa shape index (κ3) is 64.3. The van der Waals surface area contributed by atoms with Gasteiger partial charge in [0, 0.05) is 19.3 Å². The van der Waals surface area contributed by atoms with E-state index < -0.39 is 6.10 Å². The van der Waals surface area contributed by atoms with Crippen LogP contribution in [0.5, 0.6) is 0 Å². The molecule has 0 N–H and O–H groups in total. The number of rotatable bonds is 64. The third-order valence-electron chi connectivity index (χ3n) is 15.6. The smallest absolute Gasteiger partial charge is 0.306 e. The summed E-state index contributed by atoms with van der Waals surface area (Å²) in [6.07, 6.45) is 81.7. The third-order valence-corrected chi connectivity index (χ3v) is 15.6. The molecule has 6 nitrogen and oxygen atoms in total. The molecule has 0 aromatic heterocycles. The summed E-state index contributed by atoms with van der Waals surface area (Å²) in [5.74, 6) is -0.861. The number of hydrogen-bond acceptors (Lipinski definition) is 6. The summed E-state index contributed by atoms with van der Waals surface area (Å²) < 4.78 is 17.0. The lowest BCUT2D eigenvalue weighted by molar-refractivity contribution is -0.167. The number of carbonyl (C=O) groups excluding carboxylic acids is 3. The Morgan fingerprint density at radius 3 is 0.753 bits per heavy atom. The van der Waals surface area contributed by atoms with Crippen molar-refractivity contribution in [1.29, 1.82) is 0 Å². The maximum absolute atomic E-state index is 12.9. The zero-order chi connectivity index (χ0) is 55.7. The predicted molar refractivity (Wildman–Crippen MR) is 335 cm³/mol. The predicted octanol–water partition coefficient (Wildman–Crippen LogP) is 23.6. The van der Waals surface area contributed by atoms with Crippen LogP contribution in [-0.2, 0) is 28.6 Å². The van der Waals surface area contributed by atoms with Gasteiger partial charge in [0.05, 0.1) is 0 Å². The average molecular weight is 1080 g/mol. The van der Waals surface area contributed by atoms with Crippen LogP contribution in [0.25, 0.3) is 0 Å². The molecule has 0 spiro atoms. The van der Waals surface area contributed by atoms with E-state index in [-0.39, 0.29) is 31.1 Å². The van der Waals surface area contributed by atoms with E-state index >= 15 is 0 Å². The lowest BCUT2D eigenvalue weighted by Gasteiger charge is -2.18. The molecule has 0 saturated heterocycles. The Balaban J connectivity index is 4.21. The van der Waals surface area contributed by atoms with Gasteiger partial charge in [0.25, 0.3) is 0 Å². The van der Waals surface area contributed by atoms with Gasteiger partial charge in [-0.05, 0) is 77.0 Å². The Morgan fingerprint density at radius 1 is 0.260 bits per heavy atom. The second kappa shape index (κ2) is 66.1. The van der Waals surface area contributed by atoms with E-state index in [0.29, 0.717) is 19.3 Å². The number of carbonyl (C=O) groups is 3. The second-order valence-corrected chi connectivity index (χ2v) is 23.4. The lowest BCUT2D eigenvalue weighted by Crippen LogP contribution is -2.30. The SMILES string of the molecule is CCCCC/C=C\CCCCCCCC(=O)OCC(COC(=O)CCCCCCCCCCCCCCCCCCCCCCCCCCCC)OC(=O)CCCCCCCCCCC/C=C\C/C=C\CCCCCCC. The molecule has 1 unspecified atom stereocenters. The molecule has 1 atom stereocenters. The number of ether oxygens (including phenoxy) is 3. The van der Waals surface area contributed by atoms with Crippen molar-refractivity contribution >= 4 is 17.9 Å². The van der Waals surface area contributed by atoms with E-state index in [1.165, 1.54) is 270 Å². The van der Waals surface area contributed by atoms with Gasteiger partial charge in [-0.1, -0.05) is 320 Å². The van der Waals surface area contributed by atoms with Crippen molar-refractivity contribution in [2.24, 2.45) is 0 Å². The minimum atomic E-state index is -0.776. The highest BCUT2D eigenvalue weighted by Gasteiger charge is 2.19. The van der Waals surface area contributed by atoms with E-state index in [1.807, 2.05) is 0 Å². The van der Waals surface area contributed by atoms with E-state index in [1.54, 1.807) is 0 Å². The van der Waals surface area contributed by atoms with Crippen LogP contribution in [0.2, 0.25) is 0 Å². The van der Waals surface area contributed by atoms with E-state index in [0.717, 1.165) is 70.6 Å². The molecule has 452 valence electrons. The fourth-order valence-electron chi connectivity index (χ4n) is 10.4. The molecule has 0 aliphatic rings. The van der Waals surface area contributed by atoms with Crippen LogP contribution in [0.1, 0.15) is 380 Å². The monoisotopic (exact) mass is 1080 g/mol. The van der Waals surface area contributed by atoms with E-state index in [9.17, 15) is 14.4 Å². The molecule has 0 bridgehead atoms. The Morgan fingerprint density at radius 2 is 0.468 bits per heavy atom. The molecular formula is C71H132O6. The fraction of sp³-hybridized carbons (Fsp3) is 0.873. The summed E-state index contributed by atoms with van der Waals surface area (Å²) in [6.45, 7) is 6.66. The highest BCUT2D eigenvalue weighted by Crippen LogP contribution is 2.18. The quantitative estimate of drug-likeness (QED) is 0.0261. The summed E-state index contributed by atoms with van der Waals surface area (Å²) in [5, 5.41) is 0. The minimum absolute atomic E-state index is 0.0721. The molecule has 0 saturated carbocycles. The van der Waals surface area contributed by atoms with Gasteiger partial charge < -0.3 is 14.2 Å². The first kappa shape index (κ1) is 74.6. The Bertz CT molecular complexity index is 1290. The molecule has 0 aliphatic carbocycles. The maximum atomic E-state index is 12.9. The van der Waals surface area contributed by atoms with Crippen LogP contribution in [0.3, 0.4) is 0 Å². The van der Waals surface area contributed by atoms with Gasteiger partial charge in [-0.2, -0.15) is 0 Å². The summed E-state index contributed by atoms with van der Waals surface area (Å²) in [4.78, 5) is 38.3. The largest absolute Gasteiger partial charge is 0.462 e. The van der Waals surface area contributed by atoms with Gasteiger partial charge in [-0.15, -0.1) is 0 Å². The van der Waals surface area contributed by atoms with Crippen LogP contribution in [0, 0.1) is 0 Å². The maximum Gasteiger partial charge on any atom is 0.306 e. The average Bonchev–Trinajstić information content (AvgIpc) is 3.43. The van der Waals surface area contributed by atoms with Gasteiger partial charge in [0.15, 0.2) is 6.10 Å². The highest BCUT2D eigenvalue weighted by molar-refractivity contribution is 5.71. The van der Waals surface area contributed by atoms with E-state index in [4.69, 9.17) is 14.2 Å². The Kier molecular flexibility index (Phi) is 64.1.